The summed E-state index contributed by atoms with van der Waals surface area (Å²) in [5, 5.41) is 2.92. The van der Waals surface area contributed by atoms with Gasteiger partial charge in [-0.1, -0.05) is 22.0 Å². The first-order valence-electron chi connectivity index (χ1n) is 6.31. The number of carbonyl (C=O) groups is 1. The molecule has 0 aliphatic rings. The molecule has 1 amide bonds. The van der Waals surface area contributed by atoms with Crippen LogP contribution in [0.2, 0.25) is 0 Å². The van der Waals surface area contributed by atoms with Crippen LogP contribution in [0.3, 0.4) is 0 Å². The van der Waals surface area contributed by atoms with Crippen LogP contribution in [-0.2, 0) is 0 Å². The lowest BCUT2D eigenvalue weighted by atomic mass is 10.1. The first kappa shape index (κ1) is 14.6. The van der Waals surface area contributed by atoms with Crippen molar-refractivity contribution in [3.05, 3.63) is 58.1 Å². The van der Waals surface area contributed by atoms with Gasteiger partial charge in [0.1, 0.15) is 0 Å². The molecule has 1 N–H and O–H groups in total. The predicted octanol–water partition coefficient (Wildman–Crippen LogP) is 4.08. The van der Waals surface area contributed by atoms with E-state index in [4.69, 9.17) is 0 Å². The standard InChI is InChI=1S/C16H17BrN2O/c1-11-7-12(9-13(17)8-11)16(20)18-14-5-4-6-15(10-14)19(2)3/h4-10H,1-3H3,(H,18,20). The van der Waals surface area contributed by atoms with Crippen LogP contribution >= 0.6 is 15.9 Å². The Bertz CT molecular complexity index is 618. The van der Waals surface area contributed by atoms with E-state index in [0.29, 0.717) is 5.56 Å². The van der Waals surface area contributed by atoms with Gasteiger partial charge in [-0.25, -0.2) is 0 Å². The molecule has 2 aromatic carbocycles. The van der Waals surface area contributed by atoms with E-state index in [9.17, 15) is 4.79 Å². The van der Waals surface area contributed by atoms with Crippen LogP contribution < -0.4 is 10.2 Å². The number of rotatable bonds is 3. The summed E-state index contributed by atoms with van der Waals surface area (Å²) < 4.78 is 0.907. The number of aryl methyl sites for hydroxylation is 1. The maximum atomic E-state index is 12.3. The minimum absolute atomic E-state index is 0.106. The second-order valence-corrected chi connectivity index (χ2v) is 5.83. The van der Waals surface area contributed by atoms with Crippen LogP contribution in [0, 0.1) is 6.92 Å². The SMILES string of the molecule is Cc1cc(Br)cc(C(=O)Nc2cccc(N(C)C)c2)c1. The highest BCUT2D eigenvalue weighted by Gasteiger charge is 2.08. The minimum atomic E-state index is -0.106. The average Bonchev–Trinajstić information content (AvgIpc) is 2.37. The van der Waals surface area contributed by atoms with Crippen molar-refractivity contribution in [3.63, 3.8) is 0 Å². The Labute approximate surface area is 127 Å². The number of nitrogens with one attached hydrogen (secondary N) is 1. The second kappa shape index (κ2) is 6.09. The number of amides is 1. The number of anilines is 2. The lowest BCUT2D eigenvalue weighted by Gasteiger charge is -2.14. The molecule has 4 heteroatoms. The Morgan fingerprint density at radius 2 is 1.90 bits per heavy atom. The van der Waals surface area contributed by atoms with Crippen molar-refractivity contribution in [2.45, 2.75) is 6.92 Å². The average molecular weight is 333 g/mol. The lowest BCUT2D eigenvalue weighted by Crippen LogP contribution is -2.13. The fraction of sp³-hybridized carbons (Fsp3) is 0.188. The van der Waals surface area contributed by atoms with Gasteiger partial charge in [-0.3, -0.25) is 4.79 Å². The number of hydrogen-bond donors (Lipinski definition) is 1. The van der Waals surface area contributed by atoms with Gasteiger partial charge in [0.15, 0.2) is 0 Å². The molecule has 2 rings (SSSR count). The molecule has 0 aliphatic heterocycles. The van der Waals surface area contributed by atoms with Gasteiger partial charge in [0.2, 0.25) is 0 Å². The zero-order chi connectivity index (χ0) is 14.7. The summed E-state index contributed by atoms with van der Waals surface area (Å²) in [6, 6.07) is 13.4. The van der Waals surface area contributed by atoms with E-state index >= 15 is 0 Å². The van der Waals surface area contributed by atoms with Gasteiger partial charge in [0.05, 0.1) is 0 Å². The summed E-state index contributed by atoms with van der Waals surface area (Å²) in [6.45, 7) is 1.97. The lowest BCUT2D eigenvalue weighted by molar-refractivity contribution is 0.102. The number of carbonyl (C=O) groups excluding carboxylic acids is 1. The van der Waals surface area contributed by atoms with Gasteiger partial charge in [-0.15, -0.1) is 0 Å². The third-order valence-corrected chi connectivity index (χ3v) is 3.38. The minimum Gasteiger partial charge on any atom is -0.378 e. The second-order valence-electron chi connectivity index (χ2n) is 4.92. The zero-order valence-electron chi connectivity index (χ0n) is 11.8. The van der Waals surface area contributed by atoms with Crippen molar-refractivity contribution in [3.8, 4) is 0 Å². The van der Waals surface area contributed by atoms with Crippen molar-refractivity contribution in [1.82, 2.24) is 0 Å². The Balaban J connectivity index is 2.21. The van der Waals surface area contributed by atoms with E-state index in [1.165, 1.54) is 0 Å². The van der Waals surface area contributed by atoms with Gasteiger partial charge in [0, 0.05) is 35.5 Å². The Hall–Kier alpha value is -1.81. The summed E-state index contributed by atoms with van der Waals surface area (Å²) in [5.41, 5.74) is 3.53. The van der Waals surface area contributed by atoms with Gasteiger partial charge in [0.25, 0.3) is 5.91 Å². The molecule has 0 heterocycles. The summed E-state index contributed by atoms with van der Waals surface area (Å²) in [6.07, 6.45) is 0. The van der Waals surface area contributed by atoms with Crippen LogP contribution in [0.4, 0.5) is 11.4 Å². The maximum absolute atomic E-state index is 12.3. The Morgan fingerprint density at radius 1 is 1.15 bits per heavy atom. The van der Waals surface area contributed by atoms with E-state index < -0.39 is 0 Å². The van der Waals surface area contributed by atoms with E-state index in [1.807, 2.05) is 68.4 Å². The number of benzene rings is 2. The summed E-state index contributed by atoms with van der Waals surface area (Å²) in [4.78, 5) is 14.3. The summed E-state index contributed by atoms with van der Waals surface area (Å²) in [5.74, 6) is -0.106. The molecule has 0 aromatic heterocycles. The molecule has 0 saturated carbocycles. The molecule has 0 bridgehead atoms. The van der Waals surface area contributed by atoms with Crippen molar-refractivity contribution in [2.75, 3.05) is 24.3 Å². The molecular formula is C16H17BrN2O. The van der Waals surface area contributed by atoms with Crippen LogP contribution in [0.25, 0.3) is 0 Å². The smallest absolute Gasteiger partial charge is 0.255 e. The molecule has 0 atom stereocenters. The van der Waals surface area contributed by atoms with Crippen molar-refractivity contribution >= 4 is 33.2 Å². The molecule has 0 aliphatic carbocycles. The fourth-order valence-corrected chi connectivity index (χ4v) is 2.54. The van der Waals surface area contributed by atoms with Gasteiger partial charge >= 0.3 is 0 Å². The van der Waals surface area contributed by atoms with Crippen LogP contribution in [0.1, 0.15) is 15.9 Å². The van der Waals surface area contributed by atoms with Crippen molar-refractivity contribution in [1.29, 1.82) is 0 Å². The highest BCUT2D eigenvalue weighted by Crippen LogP contribution is 2.20. The van der Waals surface area contributed by atoms with Crippen molar-refractivity contribution in [2.24, 2.45) is 0 Å². The molecular weight excluding hydrogens is 316 g/mol. The first-order valence-corrected chi connectivity index (χ1v) is 7.11. The van der Waals surface area contributed by atoms with Crippen LogP contribution in [0.5, 0.6) is 0 Å². The first-order chi connectivity index (χ1) is 9.45. The normalized spacial score (nSPS) is 10.2. The highest BCUT2D eigenvalue weighted by atomic mass is 79.9. The van der Waals surface area contributed by atoms with E-state index in [0.717, 1.165) is 21.4 Å². The van der Waals surface area contributed by atoms with E-state index in [2.05, 4.69) is 21.2 Å². The van der Waals surface area contributed by atoms with E-state index in [-0.39, 0.29) is 5.91 Å². The molecule has 3 nitrogen and oxygen atoms in total. The Kier molecular flexibility index (Phi) is 4.45. The number of hydrogen-bond acceptors (Lipinski definition) is 2. The van der Waals surface area contributed by atoms with Gasteiger partial charge in [-0.05, 0) is 48.9 Å². The largest absolute Gasteiger partial charge is 0.378 e. The van der Waals surface area contributed by atoms with Crippen molar-refractivity contribution < 1.29 is 4.79 Å². The van der Waals surface area contributed by atoms with E-state index in [1.54, 1.807) is 0 Å². The summed E-state index contributed by atoms with van der Waals surface area (Å²) >= 11 is 3.41. The third kappa shape index (κ3) is 3.61. The number of nitrogens with zero attached hydrogens (tertiary/aromatic N) is 1. The topological polar surface area (TPSA) is 32.3 Å². The molecule has 0 spiro atoms. The Morgan fingerprint density at radius 3 is 2.55 bits per heavy atom. The third-order valence-electron chi connectivity index (χ3n) is 2.92. The van der Waals surface area contributed by atoms with Crippen LogP contribution in [-0.4, -0.2) is 20.0 Å². The quantitative estimate of drug-likeness (QED) is 0.918. The zero-order valence-corrected chi connectivity index (χ0v) is 13.4. The molecule has 0 saturated heterocycles. The summed E-state index contributed by atoms with van der Waals surface area (Å²) in [7, 11) is 3.94. The fourth-order valence-electron chi connectivity index (χ4n) is 1.93. The molecule has 0 unspecified atom stereocenters. The predicted molar refractivity (Wildman–Crippen MR) is 87.6 cm³/mol. The van der Waals surface area contributed by atoms with Gasteiger partial charge in [-0.2, -0.15) is 0 Å². The molecule has 2 aromatic rings. The maximum Gasteiger partial charge on any atom is 0.255 e. The molecule has 20 heavy (non-hydrogen) atoms. The monoisotopic (exact) mass is 332 g/mol. The number of halogens is 1. The molecule has 0 radical (unpaired) electrons. The molecule has 104 valence electrons. The van der Waals surface area contributed by atoms with Crippen LogP contribution in [0.15, 0.2) is 46.9 Å². The van der Waals surface area contributed by atoms with Gasteiger partial charge < -0.3 is 10.2 Å². The highest BCUT2D eigenvalue weighted by molar-refractivity contribution is 9.10. The molecule has 0 fully saturated rings.